The molecule has 5 heteroatoms. The molecule has 1 aliphatic heterocycles. The molecular weight excluding hydrogens is 246 g/mol. The number of hydrogen-bond acceptors (Lipinski definition) is 4. The van der Waals surface area contributed by atoms with Crippen LogP contribution in [0.2, 0.25) is 0 Å². The van der Waals surface area contributed by atoms with Gasteiger partial charge in [0.05, 0.1) is 25.3 Å². The van der Waals surface area contributed by atoms with Gasteiger partial charge in [0, 0.05) is 6.61 Å². The van der Waals surface area contributed by atoms with Gasteiger partial charge in [-0.15, -0.1) is 0 Å². The Bertz CT molecular complexity index is 538. The Morgan fingerprint density at radius 1 is 1.32 bits per heavy atom. The van der Waals surface area contributed by atoms with Gasteiger partial charge in [0.2, 0.25) is 5.91 Å². The molecule has 0 bridgehead atoms. The van der Waals surface area contributed by atoms with E-state index in [0.717, 1.165) is 6.42 Å². The van der Waals surface area contributed by atoms with Gasteiger partial charge in [-0.1, -0.05) is 0 Å². The number of nitrogens with one attached hydrogen (secondary N) is 1. The third-order valence-electron chi connectivity index (χ3n) is 3.16. The molecule has 0 radical (unpaired) electrons. The third-order valence-corrected chi connectivity index (χ3v) is 3.16. The number of carbonyl (C=O) groups is 1. The molecular formula is C14H15NO4. The Kier molecular flexibility index (Phi) is 3.37. The molecule has 1 saturated heterocycles. The molecule has 100 valence electrons. The lowest BCUT2D eigenvalue weighted by molar-refractivity contribution is -0.125. The maximum atomic E-state index is 11.8. The van der Waals surface area contributed by atoms with Crippen molar-refractivity contribution < 1.29 is 18.4 Å². The van der Waals surface area contributed by atoms with Crippen LogP contribution in [0.4, 0.5) is 0 Å². The predicted molar refractivity (Wildman–Crippen MR) is 67.2 cm³/mol. The van der Waals surface area contributed by atoms with E-state index in [0.29, 0.717) is 37.0 Å². The first kappa shape index (κ1) is 12.0. The standard InChI is InChI=1S/C14H15NO4/c16-14(10-5-7-17-9-10)15-8-11-3-4-13(19-11)12-2-1-6-18-12/h1-4,6,10H,5,7-9H2,(H,15,16). The highest BCUT2D eigenvalue weighted by Crippen LogP contribution is 2.22. The van der Waals surface area contributed by atoms with E-state index in [9.17, 15) is 4.79 Å². The monoisotopic (exact) mass is 261 g/mol. The van der Waals surface area contributed by atoms with Crippen LogP contribution in [0.1, 0.15) is 12.2 Å². The fourth-order valence-corrected chi connectivity index (χ4v) is 2.08. The van der Waals surface area contributed by atoms with Gasteiger partial charge in [0.1, 0.15) is 5.76 Å². The highest BCUT2D eigenvalue weighted by atomic mass is 16.5. The molecule has 1 fully saturated rings. The van der Waals surface area contributed by atoms with Crippen LogP contribution in [0.15, 0.2) is 39.4 Å². The fraction of sp³-hybridized carbons (Fsp3) is 0.357. The van der Waals surface area contributed by atoms with Gasteiger partial charge < -0.3 is 18.9 Å². The van der Waals surface area contributed by atoms with Gasteiger partial charge in [-0.2, -0.15) is 0 Å². The van der Waals surface area contributed by atoms with Gasteiger partial charge >= 0.3 is 0 Å². The van der Waals surface area contributed by atoms with E-state index < -0.39 is 0 Å². The molecule has 5 nitrogen and oxygen atoms in total. The van der Waals surface area contributed by atoms with Crippen molar-refractivity contribution in [3.8, 4) is 11.5 Å². The molecule has 0 spiro atoms. The summed E-state index contributed by atoms with van der Waals surface area (Å²) in [5.41, 5.74) is 0. The second kappa shape index (κ2) is 5.32. The molecule has 1 amide bonds. The van der Waals surface area contributed by atoms with Crippen molar-refractivity contribution in [2.45, 2.75) is 13.0 Å². The van der Waals surface area contributed by atoms with Crippen molar-refractivity contribution in [1.82, 2.24) is 5.32 Å². The zero-order valence-corrected chi connectivity index (χ0v) is 10.4. The molecule has 3 heterocycles. The Labute approximate surface area is 110 Å². The molecule has 1 unspecified atom stereocenters. The second-order valence-corrected chi connectivity index (χ2v) is 4.52. The van der Waals surface area contributed by atoms with Gasteiger partial charge in [0.25, 0.3) is 0 Å². The summed E-state index contributed by atoms with van der Waals surface area (Å²) >= 11 is 0. The van der Waals surface area contributed by atoms with E-state index in [1.165, 1.54) is 0 Å². The smallest absolute Gasteiger partial charge is 0.225 e. The maximum absolute atomic E-state index is 11.8. The normalized spacial score (nSPS) is 18.6. The number of rotatable bonds is 4. The topological polar surface area (TPSA) is 64.6 Å². The average Bonchev–Trinajstić information content (AvgIpc) is 3.14. The molecule has 0 saturated carbocycles. The lowest BCUT2D eigenvalue weighted by Crippen LogP contribution is -2.30. The van der Waals surface area contributed by atoms with E-state index in [1.54, 1.807) is 12.3 Å². The molecule has 0 aromatic carbocycles. The first-order valence-electron chi connectivity index (χ1n) is 6.31. The molecule has 3 rings (SSSR count). The molecule has 2 aromatic rings. The van der Waals surface area contributed by atoms with Crippen molar-refractivity contribution in [3.05, 3.63) is 36.3 Å². The summed E-state index contributed by atoms with van der Waals surface area (Å²) in [7, 11) is 0. The highest BCUT2D eigenvalue weighted by Gasteiger charge is 2.23. The van der Waals surface area contributed by atoms with Gasteiger partial charge in [-0.25, -0.2) is 0 Å². The number of carbonyl (C=O) groups excluding carboxylic acids is 1. The first-order valence-corrected chi connectivity index (χ1v) is 6.31. The summed E-state index contributed by atoms with van der Waals surface area (Å²) in [5.74, 6) is 2.05. The summed E-state index contributed by atoms with van der Waals surface area (Å²) in [6.07, 6.45) is 2.39. The molecule has 1 atom stereocenters. The largest absolute Gasteiger partial charge is 0.461 e. The summed E-state index contributed by atoms with van der Waals surface area (Å²) in [4.78, 5) is 11.8. The second-order valence-electron chi connectivity index (χ2n) is 4.52. The van der Waals surface area contributed by atoms with E-state index in [-0.39, 0.29) is 11.8 Å². The number of ether oxygens (including phenoxy) is 1. The van der Waals surface area contributed by atoms with Crippen LogP contribution in [0.5, 0.6) is 0 Å². The van der Waals surface area contributed by atoms with Crippen LogP contribution in [-0.4, -0.2) is 19.1 Å². The lowest BCUT2D eigenvalue weighted by Gasteiger charge is -2.07. The van der Waals surface area contributed by atoms with Crippen LogP contribution < -0.4 is 5.32 Å². The molecule has 1 N–H and O–H groups in total. The van der Waals surface area contributed by atoms with Crippen molar-refractivity contribution in [3.63, 3.8) is 0 Å². The zero-order valence-electron chi connectivity index (χ0n) is 10.4. The first-order chi connectivity index (χ1) is 9.33. The highest BCUT2D eigenvalue weighted by molar-refractivity contribution is 5.78. The van der Waals surface area contributed by atoms with Crippen molar-refractivity contribution >= 4 is 5.91 Å². The summed E-state index contributed by atoms with van der Waals surface area (Å²) < 4.78 is 16.0. The Morgan fingerprint density at radius 2 is 2.26 bits per heavy atom. The minimum absolute atomic E-state index is 0.0217. The summed E-state index contributed by atoms with van der Waals surface area (Å²) in [6, 6.07) is 7.30. The van der Waals surface area contributed by atoms with Gasteiger partial charge in [0.15, 0.2) is 11.5 Å². The van der Waals surface area contributed by atoms with Crippen LogP contribution in [-0.2, 0) is 16.1 Å². The van der Waals surface area contributed by atoms with Crippen molar-refractivity contribution in [2.24, 2.45) is 5.92 Å². The summed E-state index contributed by atoms with van der Waals surface area (Å²) in [6.45, 7) is 1.57. The van der Waals surface area contributed by atoms with Crippen LogP contribution >= 0.6 is 0 Å². The Morgan fingerprint density at radius 3 is 3.00 bits per heavy atom. The minimum Gasteiger partial charge on any atom is -0.461 e. The number of hydrogen-bond donors (Lipinski definition) is 1. The molecule has 0 aliphatic carbocycles. The van der Waals surface area contributed by atoms with E-state index in [4.69, 9.17) is 13.6 Å². The average molecular weight is 261 g/mol. The van der Waals surface area contributed by atoms with Crippen molar-refractivity contribution in [2.75, 3.05) is 13.2 Å². The van der Waals surface area contributed by atoms with E-state index >= 15 is 0 Å². The van der Waals surface area contributed by atoms with Crippen LogP contribution in [0.25, 0.3) is 11.5 Å². The van der Waals surface area contributed by atoms with Crippen LogP contribution in [0, 0.1) is 5.92 Å². The Hall–Kier alpha value is -2.01. The van der Waals surface area contributed by atoms with E-state index in [1.807, 2.05) is 18.2 Å². The van der Waals surface area contributed by atoms with Crippen LogP contribution in [0.3, 0.4) is 0 Å². The van der Waals surface area contributed by atoms with Crippen molar-refractivity contribution in [1.29, 1.82) is 0 Å². The SMILES string of the molecule is O=C(NCc1ccc(-c2ccco2)o1)C1CCOC1. The number of amides is 1. The Balaban J connectivity index is 1.57. The molecule has 19 heavy (non-hydrogen) atoms. The molecule has 2 aromatic heterocycles. The van der Waals surface area contributed by atoms with E-state index in [2.05, 4.69) is 5.32 Å². The predicted octanol–water partition coefficient (Wildman–Crippen LogP) is 2.19. The fourth-order valence-electron chi connectivity index (χ4n) is 2.08. The summed E-state index contributed by atoms with van der Waals surface area (Å²) in [5, 5.41) is 2.86. The quantitative estimate of drug-likeness (QED) is 0.916. The van der Waals surface area contributed by atoms with Gasteiger partial charge in [-0.05, 0) is 30.7 Å². The minimum atomic E-state index is -0.0282. The molecule has 1 aliphatic rings. The lowest BCUT2D eigenvalue weighted by atomic mass is 10.1. The maximum Gasteiger partial charge on any atom is 0.225 e. The van der Waals surface area contributed by atoms with Gasteiger partial charge in [-0.3, -0.25) is 4.79 Å². The zero-order chi connectivity index (χ0) is 13.1. The third kappa shape index (κ3) is 2.71. The number of furan rings is 2.